The van der Waals surface area contributed by atoms with Crippen LogP contribution in [0.4, 0.5) is 0 Å². The van der Waals surface area contributed by atoms with E-state index < -0.39 is 0 Å². The van der Waals surface area contributed by atoms with Crippen LogP contribution in [0.15, 0.2) is 12.7 Å². The first kappa shape index (κ1) is 7.73. The zero-order valence-electron chi connectivity index (χ0n) is 6.98. The SMILES string of the molecule is OCC1(n2cncn2)CCCC1. The topological polar surface area (TPSA) is 50.9 Å². The molecule has 4 heteroatoms. The van der Waals surface area contributed by atoms with Crippen LogP contribution in [0.5, 0.6) is 0 Å². The molecule has 1 aromatic rings. The molecule has 1 aliphatic rings. The van der Waals surface area contributed by atoms with Crippen LogP contribution in [-0.2, 0) is 5.54 Å². The standard InChI is InChI=1S/C8H13N3O/c12-5-8(3-1-2-4-8)11-7-9-6-10-11/h6-7,12H,1-5H2. The molecule has 0 amide bonds. The van der Waals surface area contributed by atoms with Crippen LogP contribution < -0.4 is 0 Å². The summed E-state index contributed by atoms with van der Waals surface area (Å²) < 4.78 is 1.81. The molecule has 4 nitrogen and oxygen atoms in total. The highest BCUT2D eigenvalue weighted by atomic mass is 16.3. The Balaban J connectivity index is 2.28. The van der Waals surface area contributed by atoms with E-state index in [1.54, 1.807) is 11.0 Å². The van der Waals surface area contributed by atoms with Crippen molar-refractivity contribution in [1.82, 2.24) is 14.8 Å². The Morgan fingerprint density at radius 1 is 1.42 bits per heavy atom. The Morgan fingerprint density at radius 3 is 2.67 bits per heavy atom. The predicted molar refractivity (Wildman–Crippen MR) is 43.5 cm³/mol. The van der Waals surface area contributed by atoms with Crippen molar-refractivity contribution in [2.24, 2.45) is 0 Å². The van der Waals surface area contributed by atoms with Gasteiger partial charge in [0.05, 0.1) is 12.1 Å². The Morgan fingerprint density at radius 2 is 2.17 bits per heavy atom. The minimum absolute atomic E-state index is 0.142. The summed E-state index contributed by atoms with van der Waals surface area (Å²) in [5.41, 5.74) is -0.142. The smallest absolute Gasteiger partial charge is 0.137 e. The fraction of sp³-hybridized carbons (Fsp3) is 0.750. The van der Waals surface area contributed by atoms with Crippen LogP contribution >= 0.6 is 0 Å². The second-order valence-electron chi connectivity index (χ2n) is 3.43. The molecule has 1 N–H and O–H groups in total. The second-order valence-corrected chi connectivity index (χ2v) is 3.43. The molecule has 0 atom stereocenters. The molecule has 0 saturated heterocycles. The quantitative estimate of drug-likeness (QED) is 0.699. The molecule has 1 saturated carbocycles. The lowest BCUT2D eigenvalue weighted by molar-refractivity contribution is 0.124. The molecule has 2 rings (SSSR count). The van der Waals surface area contributed by atoms with E-state index in [1.807, 2.05) is 0 Å². The van der Waals surface area contributed by atoms with Crippen LogP contribution in [0.25, 0.3) is 0 Å². The van der Waals surface area contributed by atoms with Gasteiger partial charge >= 0.3 is 0 Å². The van der Waals surface area contributed by atoms with Crippen molar-refractivity contribution in [3.63, 3.8) is 0 Å². The van der Waals surface area contributed by atoms with Gasteiger partial charge < -0.3 is 5.11 Å². The van der Waals surface area contributed by atoms with E-state index >= 15 is 0 Å². The van der Waals surface area contributed by atoms with Gasteiger partial charge in [0, 0.05) is 0 Å². The molecule has 1 heterocycles. The molecule has 66 valence electrons. The van der Waals surface area contributed by atoms with Gasteiger partial charge in [-0.05, 0) is 12.8 Å². The third kappa shape index (κ3) is 1.03. The molecule has 0 unspecified atom stereocenters. The Bertz CT molecular complexity index is 239. The average molecular weight is 167 g/mol. The first-order valence-corrected chi connectivity index (χ1v) is 4.33. The Kier molecular flexibility index (Phi) is 1.84. The minimum Gasteiger partial charge on any atom is -0.394 e. The molecular weight excluding hydrogens is 154 g/mol. The number of aliphatic hydroxyl groups excluding tert-OH is 1. The van der Waals surface area contributed by atoms with Gasteiger partial charge in [0.2, 0.25) is 0 Å². The van der Waals surface area contributed by atoms with Gasteiger partial charge in [-0.2, -0.15) is 5.10 Å². The summed E-state index contributed by atoms with van der Waals surface area (Å²) in [5, 5.41) is 13.4. The van der Waals surface area contributed by atoms with Crippen molar-refractivity contribution in [2.45, 2.75) is 31.2 Å². The highest BCUT2D eigenvalue weighted by molar-refractivity contribution is 4.89. The van der Waals surface area contributed by atoms with Gasteiger partial charge in [0.15, 0.2) is 0 Å². The van der Waals surface area contributed by atoms with Crippen LogP contribution in [0.2, 0.25) is 0 Å². The van der Waals surface area contributed by atoms with E-state index in [0.717, 1.165) is 12.8 Å². The molecule has 1 fully saturated rings. The largest absolute Gasteiger partial charge is 0.394 e. The number of aromatic nitrogens is 3. The van der Waals surface area contributed by atoms with E-state index in [9.17, 15) is 5.11 Å². The van der Waals surface area contributed by atoms with Crippen molar-refractivity contribution in [3.8, 4) is 0 Å². The van der Waals surface area contributed by atoms with Crippen molar-refractivity contribution in [3.05, 3.63) is 12.7 Å². The van der Waals surface area contributed by atoms with Crippen molar-refractivity contribution in [1.29, 1.82) is 0 Å². The summed E-state index contributed by atoms with van der Waals surface area (Å²) in [6, 6.07) is 0. The maximum atomic E-state index is 9.30. The van der Waals surface area contributed by atoms with E-state index in [-0.39, 0.29) is 12.1 Å². The molecule has 0 aromatic carbocycles. The number of hydrogen-bond donors (Lipinski definition) is 1. The van der Waals surface area contributed by atoms with E-state index in [4.69, 9.17) is 0 Å². The predicted octanol–water partition coefficient (Wildman–Crippen LogP) is 0.540. The lowest BCUT2D eigenvalue weighted by atomic mass is 10.00. The van der Waals surface area contributed by atoms with Crippen LogP contribution in [-0.4, -0.2) is 26.5 Å². The van der Waals surface area contributed by atoms with Crippen molar-refractivity contribution in [2.75, 3.05) is 6.61 Å². The zero-order valence-corrected chi connectivity index (χ0v) is 6.98. The van der Waals surface area contributed by atoms with Crippen molar-refractivity contribution >= 4 is 0 Å². The fourth-order valence-corrected chi connectivity index (χ4v) is 1.95. The molecule has 1 aromatic heterocycles. The highest BCUT2D eigenvalue weighted by Crippen LogP contribution is 2.34. The first-order chi connectivity index (χ1) is 5.87. The highest BCUT2D eigenvalue weighted by Gasteiger charge is 2.35. The van der Waals surface area contributed by atoms with Crippen LogP contribution in [0.3, 0.4) is 0 Å². The molecule has 1 aliphatic carbocycles. The number of hydrogen-bond acceptors (Lipinski definition) is 3. The minimum atomic E-state index is -0.142. The average Bonchev–Trinajstić information content (AvgIpc) is 2.76. The third-order valence-electron chi connectivity index (χ3n) is 2.73. The van der Waals surface area contributed by atoms with Crippen LogP contribution in [0.1, 0.15) is 25.7 Å². The molecule has 0 bridgehead atoms. The maximum absolute atomic E-state index is 9.30. The molecular formula is C8H13N3O. The Hall–Kier alpha value is -0.900. The number of rotatable bonds is 2. The van der Waals surface area contributed by atoms with E-state index in [1.165, 1.54) is 19.2 Å². The van der Waals surface area contributed by atoms with Crippen molar-refractivity contribution < 1.29 is 5.11 Å². The van der Waals surface area contributed by atoms with Gasteiger partial charge in [-0.15, -0.1) is 0 Å². The van der Waals surface area contributed by atoms with E-state index in [0.29, 0.717) is 0 Å². The lowest BCUT2D eigenvalue weighted by Gasteiger charge is -2.26. The van der Waals surface area contributed by atoms with E-state index in [2.05, 4.69) is 10.1 Å². The van der Waals surface area contributed by atoms with Gasteiger partial charge in [-0.3, -0.25) is 0 Å². The summed E-state index contributed by atoms with van der Waals surface area (Å²) in [7, 11) is 0. The second kappa shape index (κ2) is 2.86. The van der Waals surface area contributed by atoms with Gasteiger partial charge in [-0.1, -0.05) is 12.8 Å². The van der Waals surface area contributed by atoms with Crippen LogP contribution in [0, 0.1) is 0 Å². The fourth-order valence-electron chi connectivity index (χ4n) is 1.95. The number of nitrogens with zero attached hydrogens (tertiary/aromatic N) is 3. The lowest BCUT2D eigenvalue weighted by Crippen LogP contribution is -2.34. The molecule has 12 heavy (non-hydrogen) atoms. The summed E-state index contributed by atoms with van der Waals surface area (Å²) in [5.74, 6) is 0. The summed E-state index contributed by atoms with van der Waals surface area (Å²) >= 11 is 0. The summed E-state index contributed by atoms with van der Waals surface area (Å²) in [6.45, 7) is 0.177. The van der Waals surface area contributed by atoms with Gasteiger partial charge in [0.1, 0.15) is 12.7 Å². The monoisotopic (exact) mass is 167 g/mol. The first-order valence-electron chi connectivity index (χ1n) is 4.33. The normalized spacial score (nSPS) is 21.4. The molecule has 0 spiro atoms. The van der Waals surface area contributed by atoms with Gasteiger partial charge in [0.25, 0.3) is 0 Å². The molecule has 0 aliphatic heterocycles. The summed E-state index contributed by atoms with van der Waals surface area (Å²) in [4.78, 5) is 3.90. The van der Waals surface area contributed by atoms with Gasteiger partial charge in [-0.25, -0.2) is 9.67 Å². The third-order valence-corrected chi connectivity index (χ3v) is 2.73. The number of aliphatic hydroxyl groups is 1. The zero-order chi connectivity index (χ0) is 8.44. The molecule has 0 radical (unpaired) electrons. The Labute approximate surface area is 71.2 Å². The summed E-state index contributed by atoms with van der Waals surface area (Å²) in [6.07, 6.45) is 7.62. The maximum Gasteiger partial charge on any atom is 0.137 e.